The maximum absolute atomic E-state index is 12.8. The van der Waals surface area contributed by atoms with Crippen LogP contribution >= 0.6 is 23.2 Å². The molecule has 0 aromatic heterocycles. The van der Waals surface area contributed by atoms with Crippen molar-refractivity contribution in [2.75, 3.05) is 0 Å². The summed E-state index contributed by atoms with van der Waals surface area (Å²) >= 11 is 11.7. The second-order valence-electron chi connectivity index (χ2n) is 6.81. The summed E-state index contributed by atoms with van der Waals surface area (Å²) in [5.41, 5.74) is 0.911. The number of halogens is 2. The van der Waals surface area contributed by atoms with E-state index in [9.17, 15) is 19.2 Å². The first-order chi connectivity index (χ1) is 14.7. The van der Waals surface area contributed by atoms with E-state index in [-0.39, 0.29) is 25.7 Å². The Bertz CT molecular complexity index is 862. The molecule has 0 saturated heterocycles. The van der Waals surface area contributed by atoms with E-state index in [2.05, 4.69) is 0 Å². The Labute approximate surface area is 188 Å². The molecular formula is C22H20Cl2O7. The number of carboxylic acids is 2. The maximum atomic E-state index is 12.8. The molecule has 0 heterocycles. The third-order valence-corrected chi connectivity index (χ3v) is 5.11. The number of esters is 2. The molecular weight excluding hydrogens is 447 g/mol. The van der Waals surface area contributed by atoms with Crippen LogP contribution in [0, 0.1) is 0 Å². The number of carboxylic acid groups (broad SMARTS) is 2. The number of carbonyl (C=O) groups excluding carboxylic acids is 2. The first kappa shape index (κ1) is 24.4. The predicted molar refractivity (Wildman–Crippen MR) is 113 cm³/mol. The van der Waals surface area contributed by atoms with Crippen LogP contribution < -0.4 is 0 Å². The van der Waals surface area contributed by atoms with Crippen LogP contribution in [-0.4, -0.2) is 34.1 Å². The third kappa shape index (κ3) is 7.70. The van der Waals surface area contributed by atoms with Crippen molar-refractivity contribution in [3.05, 3.63) is 69.7 Å². The molecule has 2 unspecified atom stereocenters. The van der Waals surface area contributed by atoms with Crippen LogP contribution in [0.4, 0.5) is 0 Å². The van der Waals surface area contributed by atoms with Gasteiger partial charge in [0.25, 0.3) is 0 Å². The number of ether oxygens (including phenoxy) is 1. The smallest absolute Gasteiger partial charge is 0.321 e. The second kappa shape index (κ2) is 11.5. The number of hydrogen-bond donors (Lipinski definition) is 2. The molecule has 31 heavy (non-hydrogen) atoms. The molecule has 0 saturated carbocycles. The Morgan fingerprint density at radius 3 is 1.29 bits per heavy atom. The van der Waals surface area contributed by atoms with Crippen molar-refractivity contribution >= 4 is 47.1 Å². The average Bonchev–Trinajstić information content (AvgIpc) is 2.70. The van der Waals surface area contributed by atoms with Gasteiger partial charge in [0.2, 0.25) is 0 Å². The molecule has 0 aliphatic heterocycles. The Morgan fingerprint density at radius 2 is 1.00 bits per heavy atom. The lowest BCUT2D eigenvalue weighted by molar-refractivity contribution is -0.162. The van der Waals surface area contributed by atoms with Crippen LogP contribution in [0.3, 0.4) is 0 Å². The highest BCUT2D eigenvalue weighted by Crippen LogP contribution is 2.28. The minimum atomic E-state index is -1.10. The molecule has 0 aliphatic rings. The lowest BCUT2D eigenvalue weighted by Gasteiger charge is -2.19. The molecule has 2 N–H and O–H groups in total. The summed E-state index contributed by atoms with van der Waals surface area (Å²) in [6, 6.07) is 12.4. The molecule has 7 nitrogen and oxygen atoms in total. The number of aliphatic carboxylic acids is 2. The highest BCUT2D eigenvalue weighted by molar-refractivity contribution is 6.30. The summed E-state index contributed by atoms with van der Waals surface area (Å²) in [7, 11) is 0. The van der Waals surface area contributed by atoms with Gasteiger partial charge in [0, 0.05) is 22.9 Å². The topological polar surface area (TPSA) is 118 Å². The molecule has 0 bridgehead atoms. The van der Waals surface area contributed by atoms with Crippen LogP contribution in [-0.2, 0) is 23.9 Å². The fraction of sp³-hybridized carbons (Fsp3) is 0.273. The van der Waals surface area contributed by atoms with Crippen molar-refractivity contribution in [2.24, 2.45) is 0 Å². The van der Waals surface area contributed by atoms with Gasteiger partial charge in [-0.2, -0.15) is 0 Å². The zero-order valence-corrected chi connectivity index (χ0v) is 17.8. The maximum Gasteiger partial charge on any atom is 0.321 e. The number of carbonyl (C=O) groups is 4. The van der Waals surface area contributed by atoms with Crippen molar-refractivity contribution in [1.29, 1.82) is 0 Å². The average molecular weight is 467 g/mol. The number of benzene rings is 2. The van der Waals surface area contributed by atoms with Gasteiger partial charge in [-0.05, 0) is 48.2 Å². The van der Waals surface area contributed by atoms with E-state index in [4.69, 9.17) is 38.2 Å². The summed E-state index contributed by atoms with van der Waals surface area (Å²) < 4.78 is 5.08. The van der Waals surface area contributed by atoms with Crippen LogP contribution in [0.15, 0.2) is 48.5 Å². The SMILES string of the molecule is O=C(O)CCC(C(=O)OC(=O)C(CCC(=O)O)c1ccc(Cl)cc1)c1ccc(Cl)cc1. The Morgan fingerprint density at radius 1 is 0.677 bits per heavy atom. The Kier molecular flexibility index (Phi) is 9.03. The molecule has 9 heteroatoms. The summed E-state index contributed by atoms with van der Waals surface area (Å²) in [6.45, 7) is 0. The van der Waals surface area contributed by atoms with Gasteiger partial charge in [-0.1, -0.05) is 47.5 Å². The standard InChI is InChI=1S/C22H20Cl2O7/c23-15-5-1-13(2-6-15)17(9-11-19(25)26)21(29)31-22(30)18(10-12-20(27)28)14-3-7-16(24)8-4-14/h1-8,17-18H,9-12H2,(H,25,26)(H,27,28). The summed E-state index contributed by atoms with van der Waals surface area (Å²) in [6.07, 6.45) is -0.778. The highest BCUT2D eigenvalue weighted by Gasteiger charge is 2.30. The van der Waals surface area contributed by atoms with E-state index in [0.717, 1.165) is 0 Å². The van der Waals surface area contributed by atoms with Crippen molar-refractivity contribution in [3.63, 3.8) is 0 Å². The van der Waals surface area contributed by atoms with E-state index in [1.54, 1.807) is 48.5 Å². The van der Waals surface area contributed by atoms with Crippen molar-refractivity contribution in [2.45, 2.75) is 37.5 Å². The molecule has 2 atom stereocenters. The molecule has 164 valence electrons. The Balaban J connectivity index is 2.23. The molecule has 0 fully saturated rings. The molecule has 0 aliphatic carbocycles. The zero-order valence-electron chi connectivity index (χ0n) is 16.3. The first-order valence-electron chi connectivity index (χ1n) is 9.37. The highest BCUT2D eigenvalue weighted by atomic mass is 35.5. The summed E-state index contributed by atoms with van der Waals surface area (Å²) in [4.78, 5) is 47.5. The molecule has 0 radical (unpaired) electrons. The Hall–Kier alpha value is -2.90. The van der Waals surface area contributed by atoms with Gasteiger partial charge >= 0.3 is 23.9 Å². The van der Waals surface area contributed by atoms with Crippen molar-refractivity contribution in [3.8, 4) is 0 Å². The van der Waals surface area contributed by atoms with Gasteiger partial charge in [0.15, 0.2) is 0 Å². The van der Waals surface area contributed by atoms with Crippen LogP contribution in [0.1, 0.15) is 48.6 Å². The van der Waals surface area contributed by atoms with Crippen LogP contribution in [0.2, 0.25) is 10.0 Å². The van der Waals surface area contributed by atoms with Gasteiger partial charge in [0.05, 0.1) is 11.8 Å². The van der Waals surface area contributed by atoms with Crippen LogP contribution in [0.5, 0.6) is 0 Å². The van der Waals surface area contributed by atoms with E-state index in [0.29, 0.717) is 21.2 Å². The summed E-state index contributed by atoms with van der Waals surface area (Å²) in [5, 5.41) is 18.8. The monoisotopic (exact) mass is 466 g/mol. The van der Waals surface area contributed by atoms with Crippen molar-refractivity contribution < 1.29 is 34.1 Å². The largest absolute Gasteiger partial charge is 0.481 e. The fourth-order valence-electron chi connectivity index (χ4n) is 3.01. The lowest BCUT2D eigenvalue weighted by Crippen LogP contribution is -2.25. The summed E-state index contributed by atoms with van der Waals surface area (Å²) in [5.74, 6) is -6.02. The molecule has 0 amide bonds. The molecule has 0 spiro atoms. The lowest BCUT2D eigenvalue weighted by atomic mass is 9.93. The molecule has 2 rings (SSSR count). The number of hydrogen-bond acceptors (Lipinski definition) is 5. The van der Waals surface area contributed by atoms with E-state index in [1.807, 2.05) is 0 Å². The van der Waals surface area contributed by atoms with Crippen LogP contribution in [0.25, 0.3) is 0 Å². The normalized spacial score (nSPS) is 12.6. The van der Waals surface area contributed by atoms with E-state index in [1.165, 1.54) is 0 Å². The van der Waals surface area contributed by atoms with Gasteiger partial charge in [0.1, 0.15) is 0 Å². The van der Waals surface area contributed by atoms with E-state index >= 15 is 0 Å². The third-order valence-electron chi connectivity index (χ3n) is 4.61. The second-order valence-corrected chi connectivity index (χ2v) is 7.69. The van der Waals surface area contributed by atoms with Gasteiger partial charge in [-0.25, -0.2) is 0 Å². The first-order valence-corrected chi connectivity index (χ1v) is 10.1. The predicted octanol–water partition coefficient (Wildman–Crippen LogP) is 4.66. The molecule has 2 aromatic carbocycles. The molecule has 2 aromatic rings. The zero-order chi connectivity index (χ0) is 23.0. The minimum Gasteiger partial charge on any atom is -0.481 e. The number of rotatable bonds is 10. The quantitative estimate of drug-likeness (QED) is 0.385. The van der Waals surface area contributed by atoms with E-state index < -0.39 is 35.7 Å². The van der Waals surface area contributed by atoms with Gasteiger partial charge in [-0.15, -0.1) is 0 Å². The fourth-order valence-corrected chi connectivity index (χ4v) is 3.26. The van der Waals surface area contributed by atoms with Gasteiger partial charge < -0.3 is 14.9 Å². The van der Waals surface area contributed by atoms with Gasteiger partial charge in [-0.3, -0.25) is 19.2 Å². The van der Waals surface area contributed by atoms with Crippen molar-refractivity contribution in [1.82, 2.24) is 0 Å². The minimum absolute atomic E-state index is 0.0795.